The molecule has 2 rings (SSSR count). The molecule has 0 aliphatic rings. The minimum absolute atomic E-state index is 0.0647. The molecular formula is C13H13FN4O2S. The minimum atomic E-state index is -0.565. The van der Waals surface area contributed by atoms with Crippen LogP contribution < -0.4 is 16.6 Å². The first-order chi connectivity index (χ1) is 10.0. The third kappa shape index (κ3) is 3.60. The molecule has 8 heteroatoms. The lowest BCUT2D eigenvalue weighted by molar-refractivity contribution is 0.102. The highest BCUT2D eigenvalue weighted by Crippen LogP contribution is 2.16. The second-order valence-corrected chi connectivity index (χ2v) is 5.28. The van der Waals surface area contributed by atoms with Crippen LogP contribution in [0.2, 0.25) is 0 Å². The van der Waals surface area contributed by atoms with Crippen LogP contribution in [0.5, 0.6) is 0 Å². The third-order valence-electron chi connectivity index (χ3n) is 2.55. The van der Waals surface area contributed by atoms with Gasteiger partial charge >= 0.3 is 0 Å². The first kappa shape index (κ1) is 15.0. The van der Waals surface area contributed by atoms with Crippen molar-refractivity contribution in [3.05, 3.63) is 46.0 Å². The molecule has 110 valence electrons. The van der Waals surface area contributed by atoms with Crippen LogP contribution in [0.1, 0.15) is 17.3 Å². The molecule has 2 aromatic rings. The molecule has 4 N–H and O–H groups in total. The zero-order chi connectivity index (χ0) is 15.4. The van der Waals surface area contributed by atoms with Crippen molar-refractivity contribution in [2.45, 2.75) is 12.1 Å². The van der Waals surface area contributed by atoms with Gasteiger partial charge < -0.3 is 11.1 Å². The number of aromatic amines is 1. The summed E-state index contributed by atoms with van der Waals surface area (Å²) in [7, 11) is 0. The number of hydrogen-bond donors (Lipinski definition) is 3. The van der Waals surface area contributed by atoms with E-state index in [1.807, 2.05) is 6.92 Å². The van der Waals surface area contributed by atoms with Crippen molar-refractivity contribution in [1.82, 2.24) is 9.97 Å². The number of carbonyl (C=O) groups excluding carboxylic acids is 1. The Kier molecular flexibility index (Phi) is 4.59. The Morgan fingerprint density at radius 3 is 2.67 bits per heavy atom. The van der Waals surface area contributed by atoms with Crippen molar-refractivity contribution in [3.63, 3.8) is 0 Å². The summed E-state index contributed by atoms with van der Waals surface area (Å²) >= 11 is 1.33. The number of rotatable bonds is 4. The summed E-state index contributed by atoms with van der Waals surface area (Å²) in [6.45, 7) is 1.91. The fourth-order valence-corrected chi connectivity index (χ4v) is 2.18. The maximum atomic E-state index is 12.8. The predicted molar refractivity (Wildman–Crippen MR) is 80.0 cm³/mol. The zero-order valence-corrected chi connectivity index (χ0v) is 12.0. The van der Waals surface area contributed by atoms with Crippen molar-refractivity contribution in [2.75, 3.05) is 16.8 Å². The predicted octanol–water partition coefficient (Wildman–Crippen LogP) is 1.86. The Labute approximate surface area is 124 Å². The minimum Gasteiger partial charge on any atom is -0.382 e. The number of nitrogens with zero attached hydrogens (tertiary/aromatic N) is 1. The summed E-state index contributed by atoms with van der Waals surface area (Å²) in [5.74, 6) is -0.356. The average molecular weight is 308 g/mol. The number of nitrogens with one attached hydrogen (secondary N) is 2. The highest BCUT2D eigenvalue weighted by Gasteiger charge is 2.13. The lowest BCUT2D eigenvalue weighted by Gasteiger charge is -2.08. The quantitative estimate of drug-likeness (QED) is 0.591. The number of thioether (sulfide) groups is 1. The van der Waals surface area contributed by atoms with E-state index in [1.165, 1.54) is 23.9 Å². The molecule has 0 fully saturated rings. The van der Waals surface area contributed by atoms with Gasteiger partial charge in [-0.15, -0.1) is 0 Å². The normalized spacial score (nSPS) is 10.4. The Morgan fingerprint density at radius 2 is 2.10 bits per heavy atom. The molecule has 1 aromatic carbocycles. The molecule has 21 heavy (non-hydrogen) atoms. The van der Waals surface area contributed by atoms with E-state index in [2.05, 4.69) is 15.3 Å². The molecule has 0 saturated carbocycles. The Morgan fingerprint density at radius 1 is 1.43 bits per heavy atom. The van der Waals surface area contributed by atoms with Crippen molar-refractivity contribution in [2.24, 2.45) is 0 Å². The van der Waals surface area contributed by atoms with Gasteiger partial charge in [-0.05, 0) is 30.0 Å². The molecular weight excluding hydrogens is 295 g/mol. The summed E-state index contributed by atoms with van der Waals surface area (Å²) < 4.78 is 12.8. The largest absolute Gasteiger partial charge is 0.382 e. The number of nitrogen functional groups attached to an aromatic ring is 1. The van der Waals surface area contributed by atoms with Crippen LogP contribution in [0.4, 0.5) is 15.9 Å². The summed E-state index contributed by atoms with van der Waals surface area (Å²) in [5, 5.41) is 2.77. The number of anilines is 2. The van der Waals surface area contributed by atoms with Gasteiger partial charge in [0.2, 0.25) is 0 Å². The molecule has 0 bridgehead atoms. The molecule has 0 saturated heterocycles. The van der Waals surface area contributed by atoms with Crippen molar-refractivity contribution >= 4 is 29.2 Å². The SMILES string of the molecule is CCSc1nc(N)c(NC(=O)c2ccc(F)cc2)c(=O)[nH]1. The van der Waals surface area contributed by atoms with Crippen LogP contribution >= 0.6 is 11.8 Å². The van der Waals surface area contributed by atoms with Crippen LogP contribution in [0, 0.1) is 5.82 Å². The van der Waals surface area contributed by atoms with E-state index in [1.54, 1.807) is 0 Å². The summed E-state index contributed by atoms with van der Waals surface area (Å²) in [5.41, 5.74) is 5.24. The average Bonchev–Trinajstić information content (AvgIpc) is 2.44. The number of halogens is 1. The highest BCUT2D eigenvalue weighted by molar-refractivity contribution is 7.99. The molecule has 0 radical (unpaired) electrons. The standard InChI is InChI=1S/C13H13FN4O2S/c1-2-21-13-17-10(15)9(12(20)18-13)16-11(19)7-3-5-8(14)6-4-7/h3-6H,2H2,1H3,(H,16,19)(H3,15,17,18,20). The van der Waals surface area contributed by atoms with Gasteiger partial charge in [0.15, 0.2) is 11.0 Å². The fraction of sp³-hybridized carbons (Fsp3) is 0.154. The second kappa shape index (κ2) is 6.40. The van der Waals surface area contributed by atoms with Crippen LogP contribution in [-0.4, -0.2) is 21.6 Å². The van der Waals surface area contributed by atoms with Crippen LogP contribution in [-0.2, 0) is 0 Å². The van der Waals surface area contributed by atoms with Crippen molar-refractivity contribution < 1.29 is 9.18 Å². The van der Waals surface area contributed by atoms with Gasteiger partial charge in [0.25, 0.3) is 11.5 Å². The zero-order valence-electron chi connectivity index (χ0n) is 11.1. The summed E-state index contributed by atoms with van der Waals surface area (Å²) in [6.07, 6.45) is 0. The maximum Gasteiger partial charge on any atom is 0.277 e. The molecule has 6 nitrogen and oxygen atoms in total. The number of nitrogens with two attached hydrogens (primary N) is 1. The monoisotopic (exact) mass is 308 g/mol. The van der Waals surface area contributed by atoms with Gasteiger partial charge in [-0.3, -0.25) is 14.6 Å². The van der Waals surface area contributed by atoms with E-state index in [-0.39, 0.29) is 17.1 Å². The van der Waals surface area contributed by atoms with Crippen LogP contribution in [0.25, 0.3) is 0 Å². The fourth-order valence-electron chi connectivity index (χ4n) is 1.58. The smallest absolute Gasteiger partial charge is 0.277 e. The van der Waals surface area contributed by atoms with E-state index in [9.17, 15) is 14.0 Å². The lowest BCUT2D eigenvalue weighted by Crippen LogP contribution is -2.23. The second-order valence-electron chi connectivity index (χ2n) is 4.03. The Bertz CT molecular complexity index is 715. The molecule has 0 aliphatic carbocycles. The number of amides is 1. The summed E-state index contributed by atoms with van der Waals surface area (Å²) in [4.78, 5) is 30.4. The molecule has 1 aromatic heterocycles. The highest BCUT2D eigenvalue weighted by atomic mass is 32.2. The molecule has 0 atom stereocenters. The molecule has 1 amide bonds. The Balaban J connectivity index is 2.25. The van der Waals surface area contributed by atoms with Gasteiger partial charge in [0, 0.05) is 5.56 Å². The first-order valence-electron chi connectivity index (χ1n) is 6.10. The maximum absolute atomic E-state index is 12.8. The number of hydrogen-bond acceptors (Lipinski definition) is 5. The van der Waals surface area contributed by atoms with E-state index < -0.39 is 17.3 Å². The van der Waals surface area contributed by atoms with Gasteiger partial charge in [0.1, 0.15) is 11.5 Å². The number of H-pyrrole nitrogens is 1. The van der Waals surface area contributed by atoms with Crippen LogP contribution in [0.3, 0.4) is 0 Å². The third-order valence-corrected chi connectivity index (χ3v) is 3.31. The van der Waals surface area contributed by atoms with Gasteiger partial charge in [-0.2, -0.15) is 0 Å². The molecule has 0 aliphatic heterocycles. The van der Waals surface area contributed by atoms with Crippen molar-refractivity contribution in [3.8, 4) is 0 Å². The molecule has 0 spiro atoms. The van der Waals surface area contributed by atoms with Crippen molar-refractivity contribution in [1.29, 1.82) is 0 Å². The number of aromatic nitrogens is 2. The van der Waals surface area contributed by atoms with Gasteiger partial charge in [-0.25, -0.2) is 9.37 Å². The topological polar surface area (TPSA) is 101 Å². The van der Waals surface area contributed by atoms with Gasteiger partial charge in [0.05, 0.1) is 0 Å². The van der Waals surface area contributed by atoms with E-state index in [0.29, 0.717) is 5.16 Å². The van der Waals surface area contributed by atoms with E-state index in [4.69, 9.17) is 5.73 Å². The number of carbonyl (C=O) groups is 1. The molecule has 1 heterocycles. The first-order valence-corrected chi connectivity index (χ1v) is 7.09. The lowest BCUT2D eigenvalue weighted by atomic mass is 10.2. The van der Waals surface area contributed by atoms with Crippen LogP contribution in [0.15, 0.2) is 34.2 Å². The van der Waals surface area contributed by atoms with Gasteiger partial charge in [-0.1, -0.05) is 18.7 Å². The number of benzene rings is 1. The van der Waals surface area contributed by atoms with E-state index >= 15 is 0 Å². The Hall–Kier alpha value is -2.35. The van der Waals surface area contributed by atoms with E-state index in [0.717, 1.165) is 17.9 Å². The molecule has 0 unspecified atom stereocenters. The summed E-state index contributed by atoms with van der Waals surface area (Å²) in [6, 6.07) is 4.93.